The average Bonchev–Trinajstić information content (AvgIpc) is 3.18. The molecule has 0 bridgehead atoms. The van der Waals surface area contributed by atoms with Crippen LogP contribution in [0.4, 0.5) is 15.4 Å². The number of ether oxygens (including phenoxy) is 2. The highest BCUT2D eigenvalue weighted by atomic mass is 16.6. The van der Waals surface area contributed by atoms with Crippen LogP contribution >= 0.6 is 0 Å². The van der Waals surface area contributed by atoms with E-state index in [1.807, 2.05) is 48.5 Å². The number of nitrogens with one attached hydrogen (secondary N) is 2. The summed E-state index contributed by atoms with van der Waals surface area (Å²) in [5.41, 5.74) is 4.50. The Bertz CT molecular complexity index is 1270. The molecule has 3 aromatic rings. The van der Waals surface area contributed by atoms with Crippen molar-refractivity contribution in [2.24, 2.45) is 0 Å². The van der Waals surface area contributed by atoms with Crippen molar-refractivity contribution in [1.82, 2.24) is 10.3 Å². The second-order valence-corrected chi connectivity index (χ2v) is 10.1. The van der Waals surface area contributed by atoms with E-state index in [4.69, 9.17) is 9.47 Å². The molecule has 198 valence electrons. The molecule has 1 aromatic heterocycles. The van der Waals surface area contributed by atoms with E-state index in [9.17, 15) is 19.5 Å². The highest BCUT2D eigenvalue weighted by Crippen LogP contribution is 2.44. The standard InChI is InChI=1S/C29H31N3O6/c1-29(2,3)38-28(36)32-25-15-13-18(16-30-25)12-14-24(26(33)34)31-27(35)37-17-23-21-10-6-4-8-19(21)20-9-5-7-11-22(20)23/h4-11,13,15-16,23-24H,12,14,17H2,1-3H3,(H,31,35)(H,33,34)(H,30,32,36)/t24-/m0/s1. The number of aliphatic carboxylic acids is 1. The number of nitrogens with zero attached hydrogens (tertiary/aromatic N) is 1. The molecule has 3 N–H and O–H groups in total. The van der Waals surface area contributed by atoms with E-state index in [1.165, 1.54) is 0 Å². The summed E-state index contributed by atoms with van der Waals surface area (Å²) in [7, 11) is 0. The highest BCUT2D eigenvalue weighted by Gasteiger charge is 2.29. The van der Waals surface area contributed by atoms with Gasteiger partial charge in [-0.25, -0.2) is 19.4 Å². The molecule has 2 aromatic carbocycles. The maximum atomic E-state index is 12.5. The molecule has 38 heavy (non-hydrogen) atoms. The molecule has 2 amide bonds. The Morgan fingerprint density at radius 1 is 0.947 bits per heavy atom. The van der Waals surface area contributed by atoms with Crippen LogP contribution in [-0.2, 0) is 20.7 Å². The van der Waals surface area contributed by atoms with Gasteiger partial charge in [-0.3, -0.25) is 5.32 Å². The fourth-order valence-electron chi connectivity index (χ4n) is 4.41. The van der Waals surface area contributed by atoms with E-state index in [-0.39, 0.29) is 18.9 Å². The Morgan fingerprint density at radius 2 is 1.58 bits per heavy atom. The van der Waals surface area contributed by atoms with E-state index in [1.54, 1.807) is 39.1 Å². The number of carbonyl (C=O) groups excluding carboxylic acids is 2. The molecule has 0 saturated carbocycles. The maximum Gasteiger partial charge on any atom is 0.413 e. The molecule has 1 aliphatic rings. The number of pyridine rings is 1. The van der Waals surface area contributed by atoms with Gasteiger partial charge in [-0.2, -0.15) is 0 Å². The Morgan fingerprint density at radius 3 is 2.13 bits per heavy atom. The van der Waals surface area contributed by atoms with Crippen molar-refractivity contribution in [3.63, 3.8) is 0 Å². The third kappa shape index (κ3) is 6.67. The number of rotatable bonds is 8. The summed E-state index contributed by atoms with van der Waals surface area (Å²) in [6.45, 7) is 5.39. The van der Waals surface area contributed by atoms with Crippen molar-refractivity contribution in [2.45, 2.75) is 51.2 Å². The smallest absolute Gasteiger partial charge is 0.413 e. The fraction of sp³-hybridized carbons (Fsp3) is 0.310. The van der Waals surface area contributed by atoms with E-state index < -0.39 is 29.8 Å². The first kappa shape index (κ1) is 26.7. The monoisotopic (exact) mass is 517 g/mol. The molecule has 0 aliphatic heterocycles. The maximum absolute atomic E-state index is 12.5. The van der Waals surface area contributed by atoms with Gasteiger partial charge >= 0.3 is 18.2 Å². The Balaban J connectivity index is 1.30. The molecule has 0 fully saturated rings. The van der Waals surface area contributed by atoms with Crippen molar-refractivity contribution in [3.05, 3.63) is 83.6 Å². The van der Waals surface area contributed by atoms with Gasteiger partial charge in [0.1, 0.15) is 24.1 Å². The van der Waals surface area contributed by atoms with Crippen LogP contribution in [-0.4, -0.2) is 46.5 Å². The SMILES string of the molecule is CC(C)(C)OC(=O)Nc1ccc(CC[C@H](NC(=O)OCC2c3ccccc3-c3ccccc32)C(=O)O)cn1. The molecule has 0 saturated heterocycles. The topological polar surface area (TPSA) is 127 Å². The quantitative estimate of drug-likeness (QED) is 0.367. The number of fused-ring (bicyclic) bond motifs is 3. The number of aryl methyl sites for hydroxylation is 1. The fourth-order valence-corrected chi connectivity index (χ4v) is 4.41. The number of alkyl carbamates (subject to hydrolysis) is 1. The van der Waals surface area contributed by atoms with E-state index in [0.717, 1.165) is 27.8 Å². The highest BCUT2D eigenvalue weighted by molar-refractivity contribution is 5.83. The van der Waals surface area contributed by atoms with E-state index in [2.05, 4.69) is 15.6 Å². The molecular weight excluding hydrogens is 486 g/mol. The van der Waals surface area contributed by atoms with Gasteiger partial charge in [-0.15, -0.1) is 0 Å². The molecule has 1 heterocycles. The average molecular weight is 518 g/mol. The van der Waals surface area contributed by atoms with Gasteiger partial charge in [-0.05, 0) is 67.5 Å². The summed E-state index contributed by atoms with van der Waals surface area (Å²) in [4.78, 5) is 40.4. The first-order valence-corrected chi connectivity index (χ1v) is 12.4. The number of carboxylic acids is 1. The molecule has 4 rings (SSSR count). The molecule has 9 heteroatoms. The normalized spacial score (nSPS) is 13.1. The molecule has 9 nitrogen and oxygen atoms in total. The van der Waals surface area contributed by atoms with Crippen molar-refractivity contribution in [2.75, 3.05) is 11.9 Å². The third-order valence-electron chi connectivity index (χ3n) is 6.11. The summed E-state index contributed by atoms with van der Waals surface area (Å²) >= 11 is 0. The number of carboxylic acid groups (broad SMARTS) is 1. The zero-order valence-corrected chi connectivity index (χ0v) is 21.6. The van der Waals surface area contributed by atoms with E-state index in [0.29, 0.717) is 12.2 Å². The molecular formula is C29H31N3O6. The molecule has 1 atom stereocenters. The number of amides is 2. The summed E-state index contributed by atoms with van der Waals surface area (Å²) in [5, 5.41) is 14.6. The van der Waals surface area contributed by atoms with Crippen LogP contribution in [0.1, 0.15) is 49.8 Å². The largest absolute Gasteiger partial charge is 0.480 e. The zero-order chi connectivity index (χ0) is 27.3. The first-order valence-electron chi connectivity index (χ1n) is 12.4. The summed E-state index contributed by atoms with van der Waals surface area (Å²) in [6, 6.07) is 18.2. The number of carbonyl (C=O) groups is 3. The lowest BCUT2D eigenvalue weighted by molar-refractivity contribution is -0.139. The lowest BCUT2D eigenvalue weighted by Gasteiger charge is -2.19. The van der Waals surface area contributed by atoms with Crippen LogP contribution < -0.4 is 10.6 Å². The van der Waals surface area contributed by atoms with Crippen molar-refractivity contribution >= 4 is 24.0 Å². The molecule has 0 spiro atoms. The van der Waals surface area contributed by atoms with E-state index >= 15 is 0 Å². The van der Waals surface area contributed by atoms with Crippen LogP contribution in [0.5, 0.6) is 0 Å². The number of hydrogen-bond acceptors (Lipinski definition) is 6. The summed E-state index contributed by atoms with van der Waals surface area (Å²) in [5.74, 6) is -0.959. The van der Waals surface area contributed by atoms with Crippen LogP contribution in [0.15, 0.2) is 66.9 Å². The molecule has 1 aliphatic carbocycles. The summed E-state index contributed by atoms with van der Waals surface area (Å²) in [6.07, 6.45) is 0.629. The van der Waals surface area contributed by atoms with Crippen LogP contribution in [0.25, 0.3) is 11.1 Å². The minimum absolute atomic E-state index is 0.0994. The lowest BCUT2D eigenvalue weighted by Crippen LogP contribution is -2.41. The Labute approximate surface area is 221 Å². The van der Waals surface area contributed by atoms with Gasteiger partial charge in [0.05, 0.1) is 0 Å². The minimum atomic E-state index is -1.16. The van der Waals surface area contributed by atoms with Crippen LogP contribution in [0.3, 0.4) is 0 Å². The molecule has 0 radical (unpaired) electrons. The van der Waals surface area contributed by atoms with Gasteiger partial charge in [0, 0.05) is 12.1 Å². The number of anilines is 1. The van der Waals surface area contributed by atoms with Crippen molar-refractivity contribution < 1.29 is 29.0 Å². The Hall–Kier alpha value is -4.40. The number of hydrogen-bond donors (Lipinski definition) is 3. The number of aromatic nitrogens is 1. The van der Waals surface area contributed by atoms with Crippen LogP contribution in [0.2, 0.25) is 0 Å². The second kappa shape index (κ2) is 11.3. The zero-order valence-electron chi connectivity index (χ0n) is 21.6. The van der Waals surface area contributed by atoms with Gasteiger partial charge in [0.15, 0.2) is 0 Å². The first-order chi connectivity index (χ1) is 18.1. The van der Waals surface area contributed by atoms with Gasteiger partial charge in [-0.1, -0.05) is 54.6 Å². The van der Waals surface area contributed by atoms with Crippen molar-refractivity contribution in [1.29, 1.82) is 0 Å². The lowest BCUT2D eigenvalue weighted by atomic mass is 9.98. The predicted molar refractivity (Wildman–Crippen MR) is 142 cm³/mol. The van der Waals surface area contributed by atoms with Gasteiger partial charge in [0.2, 0.25) is 0 Å². The summed E-state index contributed by atoms with van der Waals surface area (Å²) < 4.78 is 10.7. The Kier molecular flexibility index (Phi) is 7.95. The predicted octanol–water partition coefficient (Wildman–Crippen LogP) is 5.35. The van der Waals surface area contributed by atoms with Gasteiger partial charge < -0.3 is 19.9 Å². The second-order valence-electron chi connectivity index (χ2n) is 10.1. The van der Waals surface area contributed by atoms with Crippen molar-refractivity contribution in [3.8, 4) is 11.1 Å². The third-order valence-corrected chi connectivity index (χ3v) is 6.11. The van der Waals surface area contributed by atoms with Gasteiger partial charge in [0.25, 0.3) is 0 Å². The van der Waals surface area contributed by atoms with Crippen LogP contribution in [0, 0.1) is 0 Å². The number of benzene rings is 2. The molecule has 0 unspecified atom stereocenters. The minimum Gasteiger partial charge on any atom is -0.480 e.